The first-order valence-electron chi connectivity index (χ1n) is 5.15. The minimum atomic E-state index is -0.196. The van der Waals surface area contributed by atoms with E-state index >= 15 is 0 Å². The number of rotatable bonds is 3. The van der Waals surface area contributed by atoms with Crippen molar-refractivity contribution in [2.24, 2.45) is 0 Å². The fourth-order valence-electron chi connectivity index (χ4n) is 2.02. The molecule has 2 rings (SSSR count). The van der Waals surface area contributed by atoms with Crippen LogP contribution in [0.15, 0.2) is 24.3 Å². The van der Waals surface area contributed by atoms with Crippen molar-refractivity contribution in [3.8, 4) is 0 Å². The number of hydrogen-bond acceptors (Lipinski definition) is 1. The molecule has 2 aromatic rings. The van der Waals surface area contributed by atoms with Gasteiger partial charge in [0.05, 0.1) is 5.52 Å². The van der Waals surface area contributed by atoms with Crippen molar-refractivity contribution in [2.75, 3.05) is 6.61 Å². The molecule has 0 amide bonds. The van der Waals surface area contributed by atoms with Crippen LogP contribution < -0.4 is 0 Å². The van der Waals surface area contributed by atoms with Crippen LogP contribution in [0.3, 0.4) is 0 Å². The molecule has 0 unspecified atom stereocenters. The third kappa shape index (κ3) is 1.63. The average molecular weight is 207 g/mol. The summed E-state index contributed by atoms with van der Waals surface area (Å²) in [6.07, 6.45) is 0.571. The molecule has 0 saturated heterocycles. The Bertz CT molecular complexity index is 476. The van der Waals surface area contributed by atoms with Gasteiger partial charge in [-0.25, -0.2) is 4.39 Å². The highest BCUT2D eigenvalue weighted by Crippen LogP contribution is 2.22. The monoisotopic (exact) mass is 207 g/mol. The van der Waals surface area contributed by atoms with E-state index in [0.29, 0.717) is 11.9 Å². The molecule has 0 fully saturated rings. The lowest BCUT2D eigenvalue weighted by molar-refractivity contribution is 0.296. The van der Waals surface area contributed by atoms with Crippen LogP contribution in [0.4, 0.5) is 4.39 Å². The van der Waals surface area contributed by atoms with Crippen LogP contribution in [-0.2, 0) is 13.0 Å². The van der Waals surface area contributed by atoms with E-state index in [1.807, 2.05) is 23.6 Å². The normalized spacial score (nSPS) is 11.1. The van der Waals surface area contributed by atoms with Gasteiger partial charge < -0.3 is 9.67 Å². The number of nitrogens with zero attached hydrogens (tertiary/aromatic N) is 1. The number of fused-ring (bicyclic) bond motifs is 1. The zero-order chi connectivity index (χ0) is 10.8. The Balaban J connectivity index is 2.68. The molecule has 1 N–H and O–H groups in total. The van der Waals surface area contributed by atoms with Crippen molar-refractivity contribution >= 4 is 10.9 Å². The molecule has 0 spiro atoms. The molecule has 2 nitrogen and oxygen atoms in total. The predicted octanol–water partition coefficient (Wildman–Crippen LogP) is 2.34. The first-order chi connectivity index (χ1) is 7.27. The number of aliphatic hydroxyl groups excluding tert-OH is 1. The van der Waals surface area contributed by atoms with Gasteiger partial charge in [0.2, 0.25) is 0 Å². The molecular weight excluding hydrogens is 193 g/mol. The maximum absolute atomic E-state index is 13.6. The molecule has 1 aromatic carbocycles. The van der Waals surface area contributed by atoms with Gasteiger partial charge in [-0.1, -0.05) is 12.1 Å². The van der Waals surface area contributed by atoms with Gasteiger partial charge >= 0.3 is 0 Å². The van der Waals surface area contributed by atoms with Gasteiger partial charge in [0.15, 0.2) is 0 Å². The van der Waals surface area contributed by atoms with Gasteiger partial charge in [-0.3, -0.25) is 0 Å². The third-order valence-corrected chi connectivity index (χ3v) is 2.64. The third-order valence-electron chi connectivity index (χ3n) is 2.64. The van der Waals surface area contributed by atoms with Gasteiger partial charge in [-0.2, -0.15) is 0 Å². The molecule has 0 aliphatic carbocycles. The molecule has 1 aromatic heterocycles. The Kier molecular flexibility index (Phi) is 2.73. The van der Waals surface area contributed by atoms with Crippen molar-refractivity contribution in [1.82, 2.24) is 4.57 Å². The zero-order valence-corrected chi connectivity index (χ0v) is 8.70. The van der Waals surface area contributed by atoms with Crippen LogP contribution >= 0.6 is 0 Å². The molecule has 0 aliphatic heterocycles. The number of aliphatic hydroxyl groups is 1. The topological polar surface area (TPSA) is 25.2 Å². The summed E-state index contributed by atoms with van der Waals surface area (Å²) >= 11 is 0. The molecule has 1 heterocycles. The quantitative estimate of drug-likeness (QED) is 0.821. The van der Waals surface area contributed by atoms with Crippen molar-refractivity contribution in [1.29, 1.82) is 0 Å². The van der Waals surface area contributed by atoms with E-state index in [4.69, 9.17) is 5.11 Å². The summed E-state index contributed by atoms with van der Waals surface area (Å²) in [6.45, 7) is 2.80. The SMILES string of the molecule is CCn1c(CCO)cc2cccc(F)c21. The highest BCUT2D eigenvalue weighted by molar-refractivity contribution is 5.81. The summed E-state index contributed by atoms with van der Waals surface area (Å²) in [4.78, 5) is 0. The second-order valence-corrected chi connectivity index (χ2v) is 3.53. The van der Waals surface area contributed by atoms with Gasteiger partial charge in [0, 0.05) is 30.7 Å². The van der Waals surface area contributed by atoms with E-state index < -0.39 is 0 Å². The van der Waals surface area contributed by atoms with E-state index in [-0.39, 0.29) is 12.4 Å². The molecule has 3 heteroatoms. The van der Waals surface area contributed by atoms with Crippen LogP contribution in [0.25, 0.3) is 10.9 Å². The predicted molar refractivity (Wildman–Crippen MR) is 58.4 cm³/mol. The second kappa shape index (κ2) is 4.03. The number of aryl methyl sites for hydroxylation is 1. The van der Waals surface area contributed by atoms with Crippen molar-refractivity contribution in [3.63, 3.8) is 0 Å². The van der Waals surface area contributed by atoms with Crippen LogP contribution in [0.1, 0.15) is 12.6 Å². The maximum Gasteiger partial charge on any atom is 0.147 e. The van der Waals surface area contributed by atoms with Crippen LogP contribution in [0, 0.1) is 5.82 Å². The van der Waals surface area contributed by atoms with Gasteiger partial charge in [-0.05, 0) is 19.1 Å². The fraction of sp³-hybridized carbons (Fsp3) is 0.333. The highest BCUT2D eigenvalue weighted by atomic mass is 19.1. The smallest absolute Gasteiger partial charge is 0.147 e. The molecule has 80 valence electrons. The molecule has 0 aliphatic rings. The molecule has 0 radical (unpaired) electrons. The van der Waals surface area contributed by atoms with Crippen LogP contribution in [0.2, 0.25) is 0 Å². The van der Waals surface area contributed by atoms with E-state index in [2.05, 4.69) is 0 Å². The minimum absolute atomic E-state index is 0.0952. The first kappa shape index (κ1) is 10.2. The lowest BCUT2D eigenvalue weighted by Gasteiger charge is -2.06. The summed E-state index contributed by atoms with van der Waals surface area (Å²) in [5.41, 5.74) is 1.63. The molecule has 0 atom stereocenters. The number of halogens is 1. The van der Waals surface area contributed by atoms with Gasteiger partial charge in [-0.15, -0.1) is 0 Å². The van der Waals surface area contributed by atoms with E-state index in [9.17, 15) is 4.39 Å². The van der Waals surface area contributed by atoms with Crippen LogP contribution in [0.5, 0.6) is 0 Å². The highest BCUT2D eigenvalue weighted by Gasteiger charge is 2.10. The Morgan fingerprint density at radius 2 is 2.20 bits per heavy atom. The van der Waals surface area contributed by atoms with Crippen molar-refractivity contribution < 1.29 is 9.50 Å². The summed E-state index contributed by atoms with van der Waals surface area (Å²) < 4.78 is 15.5. The Labute approximate surface area is 88.0 Å². The lowest BCUT2D eigenvalue weighted by atomic mass is 10.2. The van der Waals surface area contributed by atoms with E-state index in [1.165, 1.54) is 6.07 Å². The molecular formula is C12H14FNO. The summed E-state index contributed by atoms with van der Waals surface area (Å²) in [5.74, 6) is -0.196. The average Bonchev–Trinajstić information content (AvgIpc) is 2.57. The summed E-state index contributed by atoms with van der Waals surface area (Å²) in [6, 6.07) is 7.02. The number of para-hydroxylation sites is 1. The van der Waals surface area contributed by atoms with Crippen LogP contribution in [-0.4, -0.2) is 16.3 Å². The van der Waals surface area contributed by atoms with Gasteiger partial charge in [0.1, 0.15) is 5.82 Å². The van der Waals surface area contributed by atoms with Crippen molar-refractivity contribution in [2.45, 2.75) is 19.9 Å². The lowest BCUT2D eigenvalue weighted by Crippen LogP contribution is -2.03. The summed E-state index contributed by atoms with van der Waals surface area (Å²) in [5, 5.41) is 9.83. The standard InChI is InChI=1S/C12H14FNO/c1-2-14-10(6-7-15)8-9-4-3-5-11(13)12(9)14/h3-5,8,15H,2,6-7H2,1H3. The Morgan fingerprint density at radius 3 is 2.87 bits per heavy atom. The van der Waals surface area contributed by atoms with Crippen molar-refractivity contribution in [3.05, 3.63) is 35.8 Å². The first-order valence-corrected chi connectivity index (χ1v) is 5.15. The minimum Gasteiger partial charge on any atom is -0.396 e. The molecule has 15 heavy (non-hydrogen) atoms. The zero-order valence-electron chi connectivity index (χ0n) is 8.70. The molecule has 0 saturated carbocycles. The van der Waals surface area contributed by atoms with E-state index in [0.717, 1.165) is 17.6 Å². The molecule has 0 bridgehead atoms. The Hall–Kier alpha value is -1.35. The second-order valence-electron chi connectivity index (χ2n) is 3.53. The largest absolute Gasteiger partial charge is 0.396 e. The maximum atomic E-state index is 13.6. The summed E-state index contributed by atoms with van der Waals surface area (Å²) in [7, 11) is 0. The number of aromatic nitrogens is 1. The fourth-order valence-corrected chi connectivity index (χ4v) is 2.02. The van der Waals surface area contributed by atoms with Gasteiger partial charge in [0.25, 0.3) is 0 Å². The number of benzene rings is 1. The van der Waals surface area contributed by atoms with E-state index in [1.54, 1.807) is 6.07 Å². The number of hydrogen-bond donors (Lipinski definition) is 1. The Morgan fingerprint density at radius 1 is 1.40 bits per heavy atom.